The quantitative estimate of drug-likeness (QED) is 0.0945. The summed E-state index contributed by atoms with van der Waals surface area (Å²) in [4.78, 5) is 2.57. The lowest BCUT2D eigenvalue weighted by atomic mass is 9.81. The maximum atomic E-state index is 2.57. The third-order valence-electron chi connectivity index (χ3n) is 13.2. The van der Waals surface area contributed by atoms with Gasteiger partial charge in [-0.25, -0.2) is 0 Å². The van der Waals surface area contributed by atoms with E-state index in [1.54, 1.807) is 0 Å². The second kappa shape index (κ2) is 14.8. The first-order valence-corrected chi connectivity index (χ1v) is 21.4. The summed E-state index contributed by atoms with van der Waals surface area (Å²) in [6.07, 6.45) is 13.5. The average molecular weight is 770 g/mol. The van der Waals surface area contributed by atoms with Gasteiger partial charge in [0, 0.05) is 104 Å². The number of aromatic nitrogens is 2. The summed E-state index contributed by atoms with van der Waals surface area (Å²) in [6, 6.07) is 53.3. The van der Waals surface area contributed by atoms with Crippen LogP contribution in [0.2, 0.25) is 0 Å². The second-order valence-electron chi connectivity index (χ2n) is 17.3. The maximum Gasteiger partial charge on any atom is 0.209 e. The fourth-order valence-corrected chi connectivity index (χ4v) is 10.4. The molecule has 0 saturated carbocycles. The minimum Gasteiger partial charge on any atom is -0.344 e. The number of benzene rings is 6. The molecule has 59 heavy (non-hydrogen) atoms. The highest BCUT2D eigenvalue weighted by molar-refractivity contribution is 6.09. The molecule has 0 spiro atoms. The number of hydrogen-bond donors (Lipinski definition) is 0. The van der Waals surface area contributed by atoms with Crippen LogP contribution in [-0.2, 0) is 23.9 Å². The molecule has 6 aromatic carbocycles. The summed E-state index contributed by atoms with van der Waals surface area (Å²) in [5.41, 5.74) is 13.2. The van der Waals surface area contributed by atoms with Gasteiger partial charge in [-0.1, -0.05) is 141 Å². The molecule has 0 atom stereocenters. The highest BCUT2D eigenvalue weighted by Gasteiger charge is 2.44. The summed E-state index contributed by atoms with van der Waals surface area (Å²) in [5, 5.41) is 5.33. The van der Waals surface area contributed by atoms with E-state index in [4.69, 9.17) is 0 Å². The number of aryl methyl sites for hydroxylation is 2. The van der Waals surface area contributed by atoms with Crippen molar-refractivity contribution >= 4 is 60.7 Å². The predicted molar refractivity (Wildman–Crippen MR) is 251 cm³/mol. The molecule has 0 radical (unpaired) electrons. The molecule has 8 aromatic rings. The Morgan fingerprint density at radius 1 is 0.475 bits per heavy atom. The lowest BCUT2D eigenvalue weighted by molar-refractivity contribution is -0.438. The molecule has 0 bridgehead atoms. The molecule has 0 N–H and O–H groups in total. The van der Waals surface area contributed by atoms with Crippen LogP contribution in [0.4, 0.5) is 11.4 Å². The lowest BCUT2D eigenvalue weighted by Crippen LogP contribution is -2.28. The van der Waals surface area contributed by atoms with Gasteiger partial charge in [-0.2, -0.15) is 4.58 Å². The molecule has 4 heterocycles. The molecule has 292 valence electrons. The highest BCUT2D eigenvalue weighted by atomic mass is 15.2. The summed E-state index contributed by atoms with van der Waals surface area (Å²) in [7, 11) is 0. The highest BCUT2D eigenvalue weighted by Crippen LogP contribution is 2.48. The number of hydrogen-bond acceptors (Lipinski definition) is 1. The fourth-order valence-electron chi connectivity index (χ4n) is 10.4. The van der Waals surface area contributed by atoms with Crippen molar-refractivity contribution in [3.63, 3.8) is 0 Å². The van der Waals surface area contributed by atoms with Crippen LogP contribution in [0.15, 0.2) is 182 Å². The zero-order valence-corrected chi connectivity index (χ0v) is 34.8. The first kappa shape index (κ1) is 36.9. The SMILES string of the molecule is CC1(C)C(\C=C/C=C/C=C2/N(CCCn3c4ccccc4c4ccccc43)c3ccccc3C2(C)C)=[N+](CCCn2c3ccccc3c3ccccc32)c2ccccc21. The van der Waals surface area contributed by atoms with Crippen molar-refractivity contribution < 1.29 is 4.58 Å². The average Bonchev–Trinajstić information content (AvgIpc) is 3.90. The number of para-hydroxylation sites is 6. The van der Waals surface area contributed by atoms with Crippen LogP contribution >= 0.6 is 0 Å². The molecule has 0 unspecified atom stereocenters. The zero-order chi connectivity index (χ0) is 40.1. The monoisotopic (exact) mass is 769 g/mol. The predicted octanol–water partition coefficient (Wildman–Crippen LogP) is 13.3. The third kappa shape index (κ3) is 6.16. The van der Waals surface area contributed by atoms with Crippen molar-refractivity contribution in [2.24, 2.45) is 0 Å². The molecule has 0 amide bonds. The number of rotatable bonds is 11. The van der Waals surface area contributed by atoms with Gasteiger partial charge in [0.2, 0.25) is 5.69 Å². The normalized spacial score (nSPS) is 16.6. The number of fused-ring (bicyclic) bond motifs is 8. The van der Waals surface area contributed by atoms with E-state index in [1.807, 2.05) is 0 Å². The lowest BCUT2D eigenvalue weighted by Gasteiger charge is -2.27. The smallest absolute Gasteiger partial charge is 0.209 e. The molecule has 2 aromatic heterocycles. The van der Waals surface area contributed by atoms with E-state index in [0.717, 1.165) is 39.0 Å². The Bertz CT molecular complexity index is 2910. The Hall–Kier alpha value is -6.39. The summed E-state index contributed by atoms with van der Waals surface area (Å²) >= 11 is 0. The van der Waals surface area contributed by atoms with Crippen molar-refractivity contribution in [2.75, 3.05) is 18.0 Å². The molecule has 2 aliphatic rings. The van der Waals surface area contributed by atoms with Gasteiger partial charge >= 0.3 is 0 Å². The Kier molecular flexibility index (Phi) is 9.24. The summed E-state index contributed by atoms with van der Waals surface area (Å²) in [5.74, 6) is 0. The van der Waals surface area contributed by atoms with Crippen molar-refractivity contribution in [3.8, 4) is 0 Å². The van der Waals surface area contributed by atoms with Crippen LogP contribution in [0.1, 0.15) is 51.7 Å². The van der Waals surface area contributed by atoms with Crippen LogP contribution in [0.5, 0.6) is 0 Å². The number of anilines is 1. The van der Waals surface area contributed by atoms with Gasteiger partial charge in [0.1, 0.15) is 0 Å². The van der Waals surface area contributed by atoms with Gasteiger partial charge in [0.25, 0.3) is 0 Å². The van der Waals surface area contributed by atoms with Gasteiger partial charge in [-0.3, -0.25) is 0 Å². The van der Waals surface area contributed by atoms with Gasteiger partial charge in [0.05, 0.1) is 5.41 Å². The van der Waals surface area contributed by atoms with Crippen LogP contribution < -0.4 is 4.90 Å². The molecular formula is C55H53N4+. The summed E-state index contributed by atoms with van der Waals surface area (Å²) < 4.78 is 7.60. The first-order valence-electron chi connectivity index (χ1n) is 21.4. The molecule has 0 aliphatic carbocycles. The van der Waals surface area contributed by atoms with E-state index >= 15 is 0 Å². The van der Waals surface area contributed by atoms with Crippen molar-refractivity contribution in [1.29, 1.82) is 0 Å². The van der Waals surface area contributed by atoms with E-state index in [2.05, 4.69) is 222 Å². The van der Waals surface area contributed by atoms with Gasteiger partial charge in [0.15, 0.2) is 12.3 Å². The van der Waals surface area contributed by atoms with E-state index in [0.29, 0.717) is 0 Å². The largest absolute Gasteiger partial charge is 0.344 e. The molecule has 0 fully saturated rings. The Morgan fingerprint density at radius 3 is 1.56 bits per heavy atom. The number of nitrogens with zero attached hydrogens (tertiary/aromatic N) is 4. The van der Waals surface area contributed by atoms with Crippen LogP contribution in [-0.4, -0.2) is 32.5 Å². The Labute approximate surface area is 348 Å². The minimum atomic E-state index is -0.103. The minimum absolute atomic E-state index is 0.103. The van der Waals surface area contributed by atoms with Crippen molar-refractivity contribution in [3.05, 3.63) is 193 Å². The zero-order valence-electron chi connectivity index (χ0n) is 34.8. The summed E-state index contributed by atoms with van der Waals surface area (Å²) in [6.45, 7) is 13.3. The standard InChI is InChI=1S/C55H53N4/c1-54(2)44-26-12-18-32-50(44)58(38-20-36-56-46-28-14-8-22-40(46)41-23-9-15-29-47(41)56)52(54)34-6-5-7-35-53-55(3,4)45-27-13-19-33-51(45)59(53)39-21-37-57-48-30-16-10-24-42(48)43-25-11-17-31-49(43)57/h5-19,22-35H,20-21,36-39H2,1-4H3/q+1. The first-order chi connectivity index (χ1) is 28.8. The van der Waals surface area contributed by atoms with Crippen molar-refractivity contribution in [1.82, 2.24) is 9.13 Å². The van der Waals surface area contributed by atoms with Crippen LogP contribution in [0.3, 0.4) is 0 Å². The molecule has 2 aliphatic heterocycles. The molecular weight excluding hydrogens is 717 g/mol. The molecule has 10 rings (SSSR count). The Balaban J connectivity index is 0.910. The van der Waals surface area contributed by atoms with E-state index in [9.17, 15) is 0 Å². The van der Waals surface area contributed by atoms with Crippen molar-refractivity contribution in [2.45, 2.75) is 64.5 Å². The topological polar surface area (TPSA) is 16.1 Å². The molecule has 4 heteroatoms. The Morgan fingerprint density at radius 2 is 0.966 bits per heavy atom. The fraction of sp³-hybridized carbons (Fsp3) is 0.218. The van der Waals surface area contributed by atoms with Gasteiger partial charge in [-0.15, -0.1) is 0 Å². The molecule has 0 saturated heterocycles. The van der Waals surface area contributed by atoms with E-state index in [1.165, 1.54) is 77.5 Å². The van der Waals surface area contributed by atoms with Crippen LogP contribution in [0, 0.1) is 0 Å². The second-order valence-corrected chi connectivity index (χ2v) is 17.3. The van der Waals surface area contributed by atoms with E-state index in [-0.39, 0.29) is 10.8 Å². The third-order valence-corrected chi connectivity index (χ3v) is 13.2. The van der Waals surface area contributed by atoms with E-state index < -0.39 is 0 Å². The maximum absolute atomic E-state index is 2.57. The molecule has 4 nitrogen and oxygen atoms in total. The van der Waals surface area contributed by atoms with Gasteiger partial charge < -0.3 is 14.0 Å². The number of allylic oxidation sites excluding steroid dienone is 6. The van der Waals surface area contributed by atoms with Crippen LogP contribution in [0.25, 0.3) is 43.6 Å². The van der Waals surface area contributed by atoms with Gasteiger partial charge in [-0.05, 0) is 62.2 Å².